The van der Waals surface area contributed by atoms with Crippen molar-refractivity contribution < 1.29 is 0 Å². The van der Waals surface area contributed by atoms with Crippen LogP contribution in [0.25, 0.3) is 118 Å². The Morgan fingerprint density at radius 1 is 0.295 bits per heavy atom. The summed E-state index contributed by atoms with van der Waals surface area (Å²) in [5, 5.41) is 17.4. The van der Waals surface area contributed by atoms with Crippen molar-refractivity contribution in [3.05, 3.63) is 310 Å². The van der Waals surface area contributed by atoms with Gasteiger partial charge in [0.1, 0.15) is 5.82 Å². The highest BCUT2D eigenvalue weighted by molar-refractivity contribution is 8.17. The zero-order chi connectivity index (χ0) is 57.8. The molecule has 4 heterocycles. The van der Waals surface area contributed by atoms with E-state index in [9.17, 15) is 0 Å². The van der Waals surface area contributed by atoms with Crippen molar-refractivity contribution in [2.24, 2.45) is 0 Å². The maximum absolute atomic E-state index is 5.47. The standard InChI is InChI=1S/C82H52N4S2/c1-3-11-52(12-4-1)54-23-29-61(30-24-54)85(65-35-42-77-75(48-65)73-43-44-83-50-78(73)87-77)63-33-39-67-58(45-63)27-37-72-68-41-36-66(47-60(68)28-38-71(67)72)88-79-18-10-9-17-74(79)76-49-81(84-51-80(76)88)86(62-31-25-55(26-32-62)53-13-5-2-6-14-53)64-34-40-70-59(46-64)22-21-57-20-19-56-15-7-8-16-69(56)82(57)70/h1-51,88H. The Bertz CT molecular complexity index is 5650. The summed E-state index contributed by atoms with van der Waals surface area (Å²) in [6.07, 6.45) is 6.05. The van der Waals surface area contributed by atoms with Gasteiger partial charge in [-0.3, -0.25) is 9.88 Å². The molecule has 0 aliphatic carbocycles. The number of anilines is 6. The third-order valence-corrected chi connectivity index (χ3v) is 21.7. The molecule has 0 radical (unpaired) electrons. The lowest BCUT2D eigenvalue weighted by Gasteiger charge is -2.26. The topological polar surface area (TPSA) is 32.3 Å². The maximum Gasteiger partial charge on any atom is 0.138 e. The van der Waals surface area contributed by atoms with Crippen LogP contribution in [0.2, 0.25) is 0 Å². The first kappa shape index (κ1) is 50.4. The van der Waals surface area contributed by atoms with Crippen LogP contribution in [-0.4, -0.2) is 9.97 Å². The van der Waals surface area contributed by atoms with Crippen LogP contribution in [0.1, 0.15) is 0 Å². The van der Waals surface area contributed by atoms with E-state index in [2.05, 4.69) is 312 Å². The highest BCUT2D eigenvalue weighted by Crippen LogP contribution is 2.63. The third-order valence-electron chi connectivity index (χ3n) is 18.0. The molecule has 1 atom stereocenters. The molecule has 0 amide bonds. The fourth-order valence-electron chi connectivity index (χ4n) is 13.8. The van der Waals surface area contributed by atoms with E-state index in [0.29, 0.717) is 0 Å². The van der Waals surface area contributed by atoms with Crippen LogP contribution in [0.3, 0.4) is 0 Å². The van der Waals surface area contributed by atoms with Gasteiger partial charge in [-0.05, 0) is 194 Å². The third kappa shape index (κ3) is 8.29. The number of aromatic nitrogens is 2. The van der Waals surface area contributed by atoms with Gasteiger partial charge in [0, 0.05) is 77.9 Å². The number of rotatable bonds is 9. The predicted molar refractivity (Wildman–Crippen MR) is 376 cm³/mol. The molecule has 0 fully saturated rings. The zero-order valence-corrected chi connectivity index (χ0v) is 49.3. The van der Waals surface area contributed by atoms with Gasteiger partial charge in [0.15, 0.2) is 0 Å². The van der Waals surface area contributed by atoms with Crippen molar-refractivity contribution in [3.63, 3.8) is 0 Å². The van der Waals surface area contributed by atoms with Crippen LogP contribution in [0.5, 0.6) is 0 Å². The van der Waals surface area contributed by atoms with E-state index in [-0.39, 0.29) is 0 Å². The monoisotopic (exact) mass is 1160 g/mol. The molecule has 18 rings (SSSR count). The van der Waals surface area contributed by atoms with Crippen molar-refractivity contribution >= 4 is 141 Å². The Morgan fingerprint density at radius 2 is 0.830 bits per heavy atom. The SMILES string of the molecule is c1ccc(-c2ccc(N(c3ccc4c(ccc5c6ccc([SH]7c8ccccc8-c8cc(N(c9ccc(-c%10ccccc%10)cc9)c9ccc%10c(ccc%11ccc%12ccccc%12c%11%10)c9)ncc87)cc6ccc45)c3)c3ccc4sc5cnccc5c4c3)cc2)cc1. The molecule has 0 bridgehead atoms. The molecular formula is C82H52N4S2. The van der Waals surface area contributed by atoms with Crippen molar-refractivity contribution in [1.82, 2.24) is 9.97 Å². The van der Waals surface area contributed by atoms with Gasteiger partial charge in [-0.2, -0.15) is 10.9 Å². The summed E-state index contributed by atoms with van der Waals surface area (Å²) >= 11 is 1.79. The van der Waals surface area contributed by atoms with E-state index in [1.807, 2.05) is 12.4 Å². The Balaban J connectivity index is 0.715. The molecule has 0 saturated heterocycles. The Labute approximate surface area is 515 Å². The minimum absolute atomic E-state index is 0.879. The van der Waals surface area contributed by atoms with Gasteiger partial charge in [0.2, 0.25) is 0 Å². The fraction of sp³-hybridized carbons (Fsp3) is 0. The summed E-state index contributed by atoms with van der Waals surface area (Å²) in [7, 11) is -0.909. The summed E-state index contributed by atoms with van der Waals surface area (Å²) in [4.78, 5) is 18.6. The van der Waals surface area contributed by atoms with E-state index < -0.39 is 10.9 Å². The minimum Gasteiger partial charge on any atom is -0.310 e. The average molecular weight is 1160 g/mol. The fourth-order valence-corrected chi connectivity index (χ4v) is 17.5. The van der Waals surface area contributed by atoms with Crippen LogP contribution >= 0.6 is 22.2 Å². The molecular weight excluding hydrogens is 1110 g/mol. The average Bonchev–Trinajstić information content (AvgIpc) is 2.98. The van der Waals surface area contributed by atoms with Gasteiger partial charge in [-0.15, -0.1) is 11.3 Å². The van der Waals surface area contributed by atoms with E-state index >= 15 is 0 Å². The number of pyridine rings is 2. The number of thiol groups is 1. The van der Waals surface area contributed by atoms with Crippen LogP contribution in [0.15, 0.2) is 324 Å². The number of nitrogens with zero attached hydrogens (tertiary/aromatic N) is 4. The molecule has 0 spiro atoms. The lowest BCUT2D eigenvalue weighted by atomic mass is 9.96. The molecule has 412 valence electrons. The second kappa shape index (κ2) is 20.4. The normalized spacial score (nSPS) is 13.3. The van der Waals surface area contributed by atoms with Gasteiger partial charge >= 0.3 is 0 Å². The second-order valence-corrected chi connectivity index (χ2v) is 26.2. The molecule has 0 N–H and O–H groups in total. The first-order valence-electron chi connectivity index (χ1n) is 29.9. The summed E-state index contributed by atoms with van der Waals surface area (Å²) in [5.41, 5.74) is 12.7. The smallest absolute Gasteiger partial charge is 0.138 e. The molecule has 14 aromatic carbocycles. The predicted octanol–water partition coefficient (Wildman–Crippen LogP) is 23.5. The van der Waals surface area contributed by atoms with Gasteiger partial charge < -0.3 is 4.90 Å². The molecule has 3 aromatic heterocycles. The highest BCUT2D eigenvalue weighted by Gasteiger charge is 2.30. The molecule has 88 heavy (non-hydrogen) atoms. The summed E-state index contributed by atoms with van der Waals surface area (Å²) in [6.45, 7) is 0. The molecule has 1 aliphatic heterocycles. The number of hydrogen-bond donors (Lipinski definition) is 1. The van der Waals surface area contributed by atoms with E-state index in [4.69, 9.17) is 4.98 Å². The van der Waals surface area contributed by atoms with Crippen LogP contribution in [0.4, 0.5) is 34.3 Å². The summed E-state index contributed by atoms with van der Waals surface area (Å²) < 4.78 is 2.45. The highest BCUT2D eigenvalue weighted by atomic mass is 32.2. The van der Waals surface area contributed by atoms with Crippen molar-refractivity contribution in [2.75, 3.05) is 9.80 Å². The van der Waals surface area contributed by atoms with Gasteiger partial charge in [-0.1, -0.05) is 194 Å². The quantitative estimate of drug-likeness (QED) is 0.115. The Kier molecular flexibility index (Phi) is 11.7. The molecule has 1 unspecified atom stereocenters. The largest absolute Gasteiger partial charge is 0.310 e. The zero-order valence-electron chi connectivity index (χ0n) is 47.6. The number of fused-ring (bicyclic) bond motifs is 16. The van der Waals surface area contributed by atoms with Gasteiger partial charge in [0.25, 0.3) is 0 Å². The molecule has 1 aliphatic rings. The lowest BCUT2D eigenvalue weighted by molar-refractivity contribution is 1.15. The number of thiophene rings is 1. The molecule has 17 aromatic rings. The second-order valence-electron chi connectivity index (χ2n) is 23.0. The number of hydrogen-bond acceptors (Lipinski definition) is 5. The van der Waals surface area contributed by atoms with E-state index in [1.54, 1.807) is 11.3 Å². The van der Waals surface area contributed by atoms with Crippen LogP contribution < -0.4 is 9.80 Å². The lowest BCUT2D eigenvalue weighted by Crippen LogP contribution is -2.11. The molecule has 0 saturated carbocycles. The maximum atomic E-state index is 5.47. The van der Waals surface area contributed by atoms with Crippen molar-refractivity contribution in [3.8, 4) is 33.4 Å². The van der Waals surface area contributed by atoms with Crippen molar-refractivity contribution in [2.45, 2.75) is 14.7 Å². The molecule has 4 nitrogen and oxygen atoms in total. The van der Waals surface area contributed by atoms with Crippen LogP contribution in [0, 0.1) is 0 Å². The minimum atomic E-state index is -0.909. The van der Waals surface area contributed by atoms with E-state index in [1.165, 1.54) is 133 Å². The first-order chi connectivity index (χ1) is 43.6. The van der Waals surface area contributed by atoms with E-state index in [0.717, 1.165) is 34.3 Å². The first-order valence-corrected chi connectivity index (χ1v) is 32.1. The summed E-state index contributed by atoms with van der Waals surface area (Å²) in [5.74, 6) is 0.879. The Hall–Kier alpha value is -10.9. The Morgan fingerprint density at radius 3 is 1.58 bits per heavy atom. The van der Waals surface area contributed by atoms with Gasteiger partial charge in [0.05, 0.1) is 4.70 Å². The number of benzene rings is 14. The summed E-state index contributed by atoms with van der Waals surface area (Å²) in [6, 6.07) is 108. The van der Waals surface area contributed by atoms with Crippen molar-refractivity contribution in [1.29, 1.82) is 0 Å². The van der Waals surface area contributed by atoms with Crippen LogP contribution in [-0.2, 0) is 0 Å². The molecule has 6 heteroatoms. The van der Waals surface area contributed by atoms with Gasteiger partial charge in [-0.25, -0.2) is 4.98 Å².